The first-order valence-corrected chi connectivity index (χ1v) is 7.98. The van der Waals surface area contributed by atoms with E-state index in [-0.39, 0.29) is 0 Å². The largest absolute Gasteiger partial charge is 0.365 e. The predicted molar refractivity (Wildman–Crippen MR) is 78.6 cm³/mol. The summed E-state index contributed by atoms with van der Waals surface area (Å²) in [7, 11) is 0. The maximum Gasteiger partial charge on any atom is 0.165 e. The fraction of sp³-hybridized carbons (Fsp3) is 1.00. The zero-order valence-electron chi connectivity index (χ0n) is 13.0. The van der Waals surface area contributed by atoms with Crippen LogP contribution in [0.5, 0.6) is 0 Å². The summed E-state index contributed by atoms with van der Waals surface area (Å²) in [4.78, 5) is 0. The summed E-state index contributed by atoms with van der Waals surface area (Å²) < 4.78 is 5.83. The van der Waals surface area contributed by atoms with E-state index in [0.717, 1.165) is 19.3 Å². The highest BCUT2D eigenvalue weighted by atomic mass is 16.6. The normalized spacial score (nSPS) is 16.5. The van der Waals surface area contributed by atoms with Gasteiger partial charge in [0.1, 0.15) is 0 Å². The number of aliphatic hydroxyl groups is 1. The fourth-order valence-electron chi connectivity index (χ4n) is 2.17. The molecule has 0 aliphatic rings. The van der Waals surface area contributed by atoms with Gasteiger partial charge in [-0.2, -0.15) is 0 Å². The van der Waals surface area contributed by atoms with Crippen molar-refractivity contribution in [3.8, 4) is 0 Å². The van der Waals surface area contributed by atoms with Gasteiger partial charge in [0.05, 0.1) is 6.61 Å². The molecule has 0 rings (SSSR count). The van der Waals surface area contributed by atoms with E-state index in [9.17, 15) is 5.11 Å². The molecule has 0 aromatic heterocycles. The zero-order chi connectivity index (χ0) is 13.9. The summed E-state index contributed by atoms with van der Waals surface area (Å²) in [5.41, 5.74) is 0. The lowest BCUT2D eigenvalue weighted by Crippen LogP contribution is -2.33. The summed E-state index contributed by atoms with van der Waals surface area (Å²) in [5, 5.41) is 10.4. The SMILES string of the molecule is CCCCCC(O)(CC)OCC(CC)CCCC. The first-order valence-electron chi connectivity index (χ1n) is 7.98. The molecule has 0 fully saturated rings. The number of hydrogen-bond acceptors (Lipinski definition) is 2. The number of unbranched alkanes of at least 4 members (excludes halogenated alkanes) is 3. The molecule has 0 saturated carbocycles. The molecule has 2 unspecified atom stereocenters. The highest BCUT2D eigenvalue weighted by Gasteiger charge is 2.25. The molecule has 110 valence electrons. The van der Waals surface area contributed by atoms with Crippen molar-refractivity contribution in [3.05, 3.63) is 0 Å². The van der Waals surface area contributed by atoms with Crippen LogP contribution >= 0.6 is 0 Å². The van der Waals surface area contributed by atoms with Crippen molar-refractivity contribution in [2.45, 2.75) is 91.3 Å². The molecule has 0 amide bonds. The molecule has 0 aliphatic carbocycles. The van der Waals surface area contributed by atoms with Gasteiger partial charge in [-0.05, 0) is 25.2 Å². The molecular formula is C16H34O2. The van der Waals surface area contributed by atoms with Crippen molar-refractivity contribution >= 4 is 0 Å². The smallest absolute Gasteiger partial charge is 0.165 e. The third-order valence-electron chi connectivity index (χ3n) is 3.85. The molecule has 0 aromatic rings. The molecule has 2 atom stereocenters. The Morgan fingerprint density at radius 3 is 2.17 bits per heavy atom. The van der Waals surface area contributed by atoms with Gasteiger partial charge in [-0.25, -0.2) is 0 Å². The standard InChI is InChI=1S/C16H34O2/c1-5-9-11-13-16(17,8-4)18-14-15(7-3)12-10-6-2/h15,17H,5-14H2,1-4H3. The van der Waals surface area contributed by atoms with Gasteiger partial charge in [0, 0.05) is 6.42 Å². The van der Waals surface area contributed by atoms with Crippen LogP contribution in [-0.2, 0) is 4.74 Å². The minimum Gasteiger partial charge on any atom is -0.365 e. The summed E-state index contributed by atoms with van der Waals surface area (Å²) >= 11 is 0. The monoisotopic (exact) mass is 258 g/mol. The Morgan fingerprint density at radius 1 is 1.00 bits per heavy atom. The topological polar surface area (TPSA) is 29.5 Å². The van der Waals surface area contributed by atoms with E-state index in [1.54, 1.807) is 0 Å². The van der Waals surface area contributed by atoms with Gasteiger partial charge in [-0.1, -0.05) is 59.8 Å². The molecule has 2 nitrogen and oxygen atoms in total. The molecule has 0 aliphatic heterocycles. The van der Waals surface area contributed by atoms with Gasteiger partial charge in [-0.3, -0.25) is 0 Å². The number of ether oxygens (including phenoxy) is 1. The highest BCUT2D eigenvalue weighted by Crippen LogP contribution is 2.23. The summed E-state index contributed by atoms with van der Waals surface area (Å²) in [6.45, 7) is 9.35. The van der Waals surface area contributed by atoms with Crippen LogP contribution in [0.15, 0.2) is 0 Å². The molecule has 0 radical (unpaired) electrons. The van der Waals surface area contributed by atoms with Gasteiger partial charge in [0.2, 0.25) is 0 Å². The van der Waals surface area contributed by atoms with Crippen molar-refractivity contribution in [2.75, 3.05) is 6.61 Å². The van der Waals surface area contributed by atoms with Crippen molar-refractivity contribution < 1.29 is 9.84 Å². The molecule has 0 heterocycles. The lowest BCUT2D eigenvalue weighted by molar-refractivity contribution is -0.216. The van der Waals surface area contributed by atoms with Crippen LogP contribution in [0.1, 0.15) is 85.5 Å². The van der Waals surface area contributed by atoms with E-state index in [2.05, 4.69) is 20.8 Å². The average Bonchev–Trinajstić information content (AvgIpc) is 2.39. The van der Waals surface area contributed by atoms with Gasteiger partial charge in [0.25, 0.3) is 0 Å². The van der Waals surface area contributed by atoms with E-state index in [4.69, 9.17) is 4.74 Å². The molecule has 0 spiro atoms. The molecule has 0 saturated heterocycles. The second-order valence-corrected chi connectivity index (χ2v) is 5.48. The lowest BCUT2D eigenvalue weighted by atomic mass is 9.99. The number of rotatable bonds is 12. The molecule has 0 bridgehead atoms. The Labute approximate surface area is 114 Å². The average molecular weight is 258 g/mol. The van der Waals surface area contributed by atoms with Gasteiger partial charge < -0.3 is 9.84 Å². The highest BCUT2D eigenvalue weighted by molar-refractivity contribution is 4.67. The summed E-state index contributed by atoms with van der Waals surface area (Å²) in [6, 6.07) is 0. The van der Waals surface area contributed by atoms with Crippen LogP contribution in [0.25, 0.3) is 0 Å². The Morgan fingerprint density at radius 2 is 1.67 bits per heavy atom. The van der Waals surface area contributed by atoms with Crippen molar-refractivity contribution in [2.24, 2.45) is 5.92 Å². The minimum absolute atomic E-state index is 0.606. The molecule has 2 heteroatoms. The first-order chi connectivity index (χ1) is 8.61. The van der Waals surface area contributed by atoms with Crippen LogP contribution in [0.2, 0.25) is 0 Å². The Hall–Kier alpha value is -0.0800. The van der Waals surface area contributed by atoms with Gasteiger partial charge in [-0.15, -0.1) is 0 Å². The summed E-state index contributed by atoms with van der Waals surface area (Å²) in [6.07, 6.45) is 9.78. The number of hydrogen-bond donors (Lipinski definition) is 1. The molecule has 1 N–H and O–H groups in total. The second-order valence-electron chi connectivity index (χ2n) is 5.48. The van der Waals surface area contributed by atoms with E-state index in [1.807, 2.05) is 6.92 Å². The Kier molecular flexibility index (Phi) is 10.8. The van der Waals surface area contributed by atoms with Crippen molar-refractivity contribution in [1.82, 2.24) is 0 Å². The van der Waals surface area contributed by atoms with Crippen LogP contribution in [-0.4, -0.2) is 17.5 Å². The zero-order valence-corrected chi connectivity index (χ0v) is 13.0. The third kappa shape index (κ3) is 8.10. The predicted octanol–water partition coefficient (Wildman–Crippen LogP) is 4.90. The van der Waals surface area contributed by atoms with E-state index >= 15 is 0 Å². The van der Waals surface area contributed by atoms with Crippen LogP contribution in [0.3, 0.4) is 0 Å². The lowest BCUT2D eigenvalue weighted by Gasteiger charge is -2.29. The summed E-state index contributed by atoms with van der Waals surface area (Å²) in [5.74, 6) is -0.274. The van der Waals surface area contributed by atoms with E-state index in [1.165, 1.54) is 32.1 Å². The fourth-order valence-corrected chi connectivity index (χ4v) is 2.17. The molecular weight excluding hydrogens is 224 g/mol. The van der Waals surface area contributed by atoms with Gasteiger partial charge >= 0.3 is 0 Å². The maximum absolute atomic E-state index is 10.4. The van der Waals surface area contributed by atoms with Crippen molar-refractivity contribution in [1.29, 1.82) is 0 Å². The minimum atomic E-state index is -0.880. The quantitative estimate of drug-likeness (QED) is 0.398. The second kappa shape index (κ2) is 10.8. The maximum atomic E-state index is 10.4. The van der Waals surface area contributed by atoms with Crippen LogP contribution in [0, 0.1) is 5.92 Å². The van der Waals surface area contributed by atoms with Crippen LogP contribution in [0.4, 0.5) is 0 Å². The van der Waals surface area contributed by atoms with Gasteiger partial charge in [0.15, 0.2) is 5.79 Å². The van der Waals surface area contributed by atoms with Crippen molar-refractivity contribution in [3.63, 3.8) is 0 Å². The Bertz CT molecular complexity index is 182. The molecule has 18 heavy (non-hydrogen) atoms. The Balaban J connectivity index is 4.00. The van der Waals surface area contributed by atoms with E-state index < -0.39 is 5.79 Å². The van der Waals surface area contributed by atoms with E-state index in [0.29, 0.717) is 18.9 Å². The van der Waals surface area contributed by atoms with Crippen LogP contribution < -0.4 is 0 Å². The first kappa shape index (κ1) is 17.9. The molecule has 0 aromatic carbocycles. The third-order valence-corrected chi connectivity index (χ3v) is 3.85.